The van der Waals surface area contributed by atoms with Gasteiger partial charge in [-0.1, -0.05) is 105 Å². The van der Waals surface area contributed by atoms with Crippen molar-refractivity contribution in [3.63, 3.8) is 0 Å². The van der Waals surface area contributed by atoms with Crippen LogP contribution in [0.25, 0.3) is 0 Å². The first-order valence-electron chi connectivity index (χ1n) is 16.9. The van der Waals surface area contributed by atoms with E-state index in [1.165, 1.54) is 6.92 Å². The Morgan fingerprint density at radius 2 is 1.44 bits per heavy atom. The smallest absolute Gasteiger partial charge is 0.302 e. The molecule has 2 saturated carbocycles. The largest absolute Gasteiger partial charge is 0.462 e. The lowest BCUT2D eigenvalue weighted by atomic mass is 9.63. The lowest BCUT2D eigenvalue weighted by Gasteiger charge is -2.44. The predicted octanol–water partition coefficient (Wildman–Crippen LogP) is 7.71. The topological polar surface area (TPSA) is 99.5 Å². The summed E-state index contributed by atoms with van der Waals surface area (Å²) in [6, 6.07) is 0. The number of epoxide rings is 1. The average molecular weight is 657 g/mol. The Morgan fingerprint density at radius 1 is 0.854 bits per heavy atom. The first kappa shape index (κ1) is 39.0. The molecule has 0 aromatic rings. The van der Waals surface area contributed by atoms with E-state index in [1.807, 2.05) is 108 Å². The van der Waals surface area contributed by atoms with Crippen LogP contribution in [0, 0.1) is 22.7 Å². The van der Waals surface area contributed by atoms with Crippen molar-refractivity contribution in [2.75, 3.05) is 6.61 Å². The molecular formula is C42H56O6. The molecule has 0 radical (unpaired) electrons. The Labute approximate surface area is 288 Å². The van der Waals surface area contributed by atoms with Gasteiger partial charge in [-0.3, -0.25) is 4.79 Å². The zero-order chi connectivity index (χ0) is 36.0. The Morgan fingerprint density at radius 3 is 1.98 bits per heavy atom. The Kier molecular flexibility index (Phi) is 12.5. The monoisotopic (exact) mass is 656 g/mol. The van der Waals surface area contributed by atoms with Crippen LogP contribution in [-0.4, -0.2) is 56.9 Å². The maximum atomic E-state index is 11.5. The highest BCUT2D eigenvalue weighted by molar-refractivity contribution is 5.66. The number of allylic oxidation sites excluding steroid dienone is 13. The molecular weight excluding hydrogens is 600 g/mol. The van der Waals surface area contributed by atoms with Gasteiger partial charge in [-0.15, -0.1) is 5.73 Å². The zero-order valence-electron chi connectivity index (χ0n) is 30.6. The molecule has 1 aliphatic heterocycles. The molecule has 2 aliphatic carbocycles. The highest BCUT2D eigenvalue weighted by Gasteiger charge is 2.75. The summed E-state index contributed by atoms with van der Waals surface area (Å²) in [4.78, 5) is 11.5. The number of rotatable bonds is 9. The lowest BCUT2D eigenvalue weighted by Crippen LogP contribution is -2.46. The number of ether oxygens (including phenoxy) is 2. The van der Waals surface area contributed by atoms with Crippen molar-refractivity contribution < 1.29 is 29.6 Å². The standard InChI is InChI=1S/C42H56O6/c1-30(17-13-18-32(3)21-22-37-38(5,6)27-36(47-33(4)44)28-40(37,9)46)15-11-12-16-31(2)19-14-20-34(29-43)23-24-42-39(7,8)25-35(45)26-41(42,10)48-42/h11-21,35-36,43,45-46H,25-29H2,1-10H3/b12-11+,17-13+,19-14+,30-15+,31-16+,32-18+,34-20-/t22?,35-,36-,40+,41+,42-/m0/s1. The molecule has 3 fully saturated rings. The minimum Gasteiger partial charge on any atom is -0.462 e. The van der Waals surface area contributed by atoms with E-state index in [1.54, 1.807) is 6.92 Å². The second-order valence-corrected chi connectivity index (χ2v) is 15.4. The van der Waals surface area contributed by atoms with Crippen LogP contribution < -0.4 is 0 Å². The van der Waals surface area contributed by atoms with Gasteiger partial charge in [0, 0.05) is 36.3 Å². The fourth-order valence-electron chi connectivity index (χ4n) is 7.35. The number of carbonyl (C=O) groups excluding carboxylic acids is 1. The van der Waals surface area contributed by atoms with E-state index >= 15 is 0 Å². The summed E-state index contributed by atoms with van der Waals surface area (Å²) >= 11 is 0. The Balaban J connectivity index is 1.58. The molecule has 1 heterocycles. The van der Waals surface area contributed by atoms with Crippen molar-refractivity contribution in [2.45, 2.75) is 124 Å². The van der Waals surface area contributed by atoms with Crippen LogP contribution in [0.2, 0.25) is 0 Å². The van der Waals surface area contributed by atoms with Crippen molar-refractivity contribution >= 4 is 5.97 Å². The number of hydrogen-bond donors (Lipinski definition) is 3. The molecule has 5 atom stereocenters. The second kappa shape index (κ2) is 15.4. The molecule has 6 heteroatoms. The predicted molar refractivity (Wildman–Crippen MR) is 194 cm³/mol. The Bertz CT molecular complexity index is 1550. The molecule has 0 amide bonds. The second-order valence-electron chi connectivity index (χ2n) is 15.4. The van der Waals surface area contributed by atoms with E-state index in [0.29, 0.717) is 31.3 Å². The summed E-state index contributed by atoms with van der Waals surface area (Å²) in [5, 5.41) is 31.2. The van der Waals surface area contributed by atoms with Gasteiger partial charge in [0.1, 0.15) is 11.7 Å². The SMILES string of the molecule is CC(=O)O[C@H]1CC(C)(C)C(=C=C/C(C)=C/C=C/C(C)=C/C=C/C=C(C)/C=C/C=C(/C#C[C@@]23O[C@]2(C)C[C@@H](O)CC3(C)C)CO)[C@](C)(O)C1. The minimum absolute atomic E-state index is 0.157. The van der Waals surface area contributed by atoms with Crippen molar-refractivity contribution in [3.8, 4) is 11.8 Å². The summed E-state index contributed by atoms with van der Waals surface area (Å²) in [6.45, 7) is 19.3. The molecule has 6 nitrogen and oxygen atoms in total. The molecule has 3 rings (SSSR count). The molecule has 0 spiro atoms. The van der Waals surface area contributed by atoms with Gasteiger partial charge in [-0.05, 0) is 70.6 Å². The van der Waals surface area contributed by atoms with Gasteiger partial charge >= 0.3 is 5.97 Å². The molecule has 1 saturated heterocycles. The third-order valence-electron chi connectivity index (χ3n) is 9.53. The number of carbonyl (C=O) groups is 1. The minimum atomic E-state index is -1.11. The van der Waals surface area contributed by atoms with E-state index in [2.05, 4.69) is 31.4 Å². The van der Waals surface area contributed by atoms with Crippen LogP contribution in [0.3, 0.4) is 0 Å². The first-order valence-corrected chi connectivity index (χ1v) is 16.9. The zero-order valence-corrected chi connectivity index (χ0v) is 30.6. The van der Waals surface area contributed by atoms with Gasteiger partial charge in [-0.25, -0.2) is 0 Å². The quantitative estimate of drug-likeness (QED) is 0.0773. The van der Waals surface area contributed by atoms with Crippen molar-refractivity contribution in [3.05, 3.63) is 100 Å². The van der Waals surface area contributed by atoms with Gasteiger partial charge in [0.25, 0.3) is 0 Å². The number of hydrogen-bond acceptors (Lipinski definition) is 6. The van der Waals surface area contributed by atoms with Crippen LogP contribution in [0.5, 0.6) is 0 Å². The van der Waals surface area contributed by atoms with Crippen molar-refractivity contribution in [1.82, 2.24) is 0 Å². The summed E-state index contributed by atoms with van der Waals surface area (Å²) in [5.41, 5.74) is 5.12. The molecule has 3 N–H and O–H groups in total. The van der Waals surface area contributed by atoms with E-state index in [4.69, 9.17) is 9.47 Å². The van der Waals surface area contributed by atoms with Crippen molar-refractivity contribution in [1.29, 1.82) is 0 Å². The van der Waals surface area contributed by atoms with E-state index in [9.17, 15) is 20.1 Å². The highest BCUT2D eigenvalue weighted by Crippen LogP contribution is 2.65. The normalized spacial score (nSPS) is 32.1. The molecule has 0 aromatic carbocycles. The maximum Gasteiger partial charge on any atom is 0.302 e. The van der Waals surface area contributed by atoms with Crippen molar-refractivity contribution in [2.24, 2.45) is 10.8 Å². The molecule has 260 valence electrons. The molecule has 0 aromatic heterocycles. The number of aliphatic hydroxyl groups excluding tert-OH is 2. The highest BCUT2D eigenvalue weighted by atomic mass is 16.6. The fraction of sp³-hybridized carbons (Fsp3) is 0.524. The van der Waals surface area contributed by atoms with Gasteiger partial charge in [0.2, 0.25) is 0 Å². The van der Waals surface area contributed by atoms with Gasteiger partial charge < -0.3 is 24.8 Å². The first-order chi connectivity index (χ1) is 22.3. The van der Waals surface area contributed by atoms with Crippen LogP contribution >= 0.6 is 0 Å². The van der Waals surface area contributed by atoms with E-state index < -0.39 is 16.8 Å². The molecule has 48 heavy (non-hydrogen) atoms. The molecule has 3 aliphatic rings. The van der Waals surface area contributed by atoms with Crippen LogP contribution in [0.1, 0.15) is 94.9 Å². The van der Waals surface area contributed by atoms with Gasteiger partial charge in [0.15, 0.2) is 5.60 Å². The van der Waals surface area contributed by atoms with Crippen LogP contribution in [-0.2, 0) is 14.3 Å². The van der Waals surface area contributed by atoms with Crippen LogP contribution in [0.15, 0.2) is 100 Å². The van der Waals surface area contributed by atoms with Gasteiger partial charge in [-0.2, -0.15) is 0 Å². The van der Waals surface area contributed by atoms with Gasteiger partial charge in [0.05, 0.1) is 18.3 Å². The summed E-state index contributed by atoms with van der Waals surface area (Å²) in [6.07, 6.45) is 23.1. The lowest BCUT2D eigenvalue weighted by molar-refractivity contribution is -0.152. The molecule has 0 unspecified atom stereocenters. The summed E-state index contributed by atoms with van der Waals surface area (Å²) in [5.74, 6) is 6.11. The fourth-order valence-corrected chi connectivity index (χ4v) is 7.35. The maximum absolute atomic E-state index is 11.5. The van der Waals surface area contributed by atoms with E-state index in [0.717, 1.165) is 22.3 Å². The summed E-state index contributed by atoms with van der Waals surface area (Å²) < 4.78 is 11.5. The number of aliphatic hydroxyl groups is 3. The third-order valence-corrected chi connectivity index (χ3v) is 9.53. The third kappa shape index (κ3) is 9.82. The number of fused-ring (bicyclic) bond motifs is 1. The molecule has 0 bridgehead atoms. The number of esters is 1. The van der Waals surface area contributed by atoms with Crippen LogP contribution in [0.4, 0.5) is 0 Å². The average Bonchev–Trinajstić information content (AvgIpc) is 3.56. The van der Waals surface area contributed by atoms with E-state index in [-0.39, 0.29) is 35.6 Å². The Hall–Kier alpha value is -3.43. The summed E-state index contributed by atoms with van der Waals surface area (Å²) in [7, 11) is 0.